The number of anilines is 2. The SMILES string of the molecule is Cc1ccc(OC(=O)c2ccc(NC3=C(Cl)C(=O)N(c4cc(Cl)cc(Cl)c4)C3=O)cc2)c(C)c1. The van der Waals surface area contributed by atoms with E-state index >= 15 is 0 Å². The van der Waals surface area contributed by atoms with Crippen molar-refractivity contribution in [1.29, 1.82) is 0 Å². The van der Waals surface area contributed by atoms with Gasteiger partial charge in [0.05, 0.1) is 11.3 Å². The summed E-state index contributed by atoms with van der Waals surface area (Å²) in [7, 11) is 0. The van der Waals surface area contributed by atoms with E-state index in [1.165, 1.54) is 18.2 Å². The van der Waals surface area contributed by atoms with Crippen molar-refractivity contribution in [3.8, 4) is 5.75 Å². The summed E-state index contributed by atoms with van der Waals surface area (Å²) in [5, 5.41) is 3.11. The monoisotopic (exact) mass is 514 g/mol. The molecule has 0 aliphatic carbocycles. The van der Waals surface area contributed by atoms with Gasteiger partial charge in [-0.25, -0.2) is 9.69 Å². The van der Waals surface area contributed by atoms with E-state index in [4.69, 9.17) is 39.5 Å². The summed E-state index contributed by atoms with van der Waals surface area (Å²) in [4.78, 5) is 39.0. The van der Waals surface area contributed by atoms with Crippen LogP contribution in [0.5, 0.6) is 5.75 Å². The van der Waals surface area contributed by atoms with E-state index in [0.717, 1.165) is 16.0 Å². The molecule has 0 radical (unpaired) electrons. The van der Waals surface area contributed by atoms with Crippen LogP contribution in [0.15, 0.2) is 71.4 Å². The summed E-state index contributed by atoms with van der Waals surface area (Å²) >= 11 is 18.2. The molecule has 34 heavy (non-hydrogen) atoms. The van der Waals surface area contributed by atoms with E-state index in [2.05, 4.69) is 5.32 Å². The largest absolute Gasteiger partial charge is 0.423 e. The number of esters is 1. The molecule has 0 aromatic heterocycles. The number of halogens is 3. The molecule has 1 heterocycles. The van der Waals surface area contributed by atoms with Gasteiger partial charge in [-0.05, 0) is 67.9 Å². The first kappa shape index (κ1) is 23.8. The third-order valence-corrected chi connectivity index (χ3v) is 5.84. The maximum Gasteiger partial charge on any atom is 0.343 e. The number of nitrogens with one attached hydrogen (secondary N) is 1. The molecule has 172 valence electrons. The Labute approximate surface area is 210 Å². The predicted octanol–water partition coefficient (Wildman–Crippen LogP) is 6.27. The number of aryl methyl sites for hydroxylation is 2. The number of rotatable bonds is 5. The Morgan fingerprint density at radius 3 is 2.12 bits per heavy atom. The number of nitrogens with zero attached hydrogens (tertiary/aromatic N) is 1. The number of benzene rings is 3. The fraction of sp³-hybridized carbons (Fsp3) is 0.0800. The number of hydrogen-bond acceptors (Lipinski definition) is 5. The zero-order valence-electron chi connectivity index (χ0n) is 18.0. The fourth-order valence-electron chi connectivity index (χ4n) is 3.42. The molecule has 1 aliphatic rings. The first-order valence-corrected chi connectivity index (χ1v) is 11.2. The number of carbonyl (C=O) groups excluding carboxylic acids is 3. The molecular weight excluding hydrogens is 499 g/mol. The van der Waals surface area contributed by atoms with Crippen LogP contribution in [0.1, 0.15) is 21.5 Å². The fourth-order valence-corrected chi connectivity index (χ4v) is 4.15. The van der Waals surface area contributed by atoms with Crippen molar-refractivity contribution >= 4 is 64.0 Å². The number of imide groups is 1. The van der Waals surface area contributed by atoms with E-state index < -0.39 is 17.8 Å². The molecule has 0 atom stereocenters. The molecule has 1 N–H and O–H groups in total. The lowest BCUT2D eigenvalue weighted by Gasteiger charge is -2.16. The van der Waals surface area contributed by atoms with Gasteiger partial charge in [0, 0.05) is 15.7 Å². The smallest absolute Gasteiger partial charge is 0.343 e. The molecule has 0 fully saturated rings. The Hall–Kier alpha value is -3.32. The van der Waals surface area contributed by atoms with Crippen molar-refractivity contribution in [2.45, 2.75) is 13.8 Å². The molecule has 0 saturated heterocycles. The Kier molecular flexibility index (Phi) is 6.66. The molecule has 3 aromatic rings. The lowest BCUT2D eigenvalue weighted by atomic mass is 10.1. The summed E-state index contributed by atoms with van der Waals surface area (Å²) in [5.74, 6) is -1.41. The maximum atomic E-state index is 12.9. The first-order valence-electron chi connectivity index (χ1n) is 10.0. The average molecular weight is 516 g/mol. The quantitative estimate of drug-likeness (QED) is 0.246. The molecule has 0 spiro atoms. The molecule has 9 heteroatoms. The van der Waals surface area contributed by atoms with Crippen LogP contribution in [-0.4, -0.2) is 17.8 Å². The Morgan fingerprint density at radius 1 is 0.853 bits per heavy atom. The number of amides is 2. The molecule has 0 saturated carbocycles. The highest BCUT2D eigenvalue weighted by atomic mass is 35.5. The second-order valence-electron chi connectivity index (χ2n) is 7.62. The van der Waals surface area contributed by atoms with E-state index in [0.29, 0.717) is 17.0 Å². The summed E-state index contributed by atoms with van der Waals surface area (Å²) in [6.07, 6.45) is 0. The van der Waals surface area contributed by atoms with Gasteiger partial charge in [0.2, 0.25) is 0 Å². The molecule has 2 amide bonds. The van der Waals surface area contributed by atoms with Crippen LogP contribution >= 0.6 is 34.8 Å². The van der Waals surface area contributed by atoms with Crippen molar-refractivity contribution in [3.05, 3.63) is 98.1 Å². The molecule has 1 aliphatic heterocycles. The normalized spacial score (nSPS) is 13.5. The standard InChI is InChI=1S/C25H17Cl3N2O4/c1-13-3-8-20(14(2)9-13)34-25(33)15-4-6-18(7-5-15)29-22-21(28)23(31)30(24(22)32)19-11-16(26)10-17(27)12-19/h3-12,29H,1-2H3. The van der Waals surface area contributed by atoms with Gasteiger partial charge in [0.1, 0.15) is 16.5 Å². The summed E-state index contributed by atoms with van der Waals surface area (Å²) in [6.45, 7) is 3.82. The predicted molar refractivity (Wildman–Crippen MR) is 133 cm³/mol. The van der Waals surface area contributed by atoms with Crippen molar-refractivity contribution in [1.82, 2.24) is 0 Å². The van der Waals surface area contributed by atoms with Gasteiger partial charge in [0.25, 0.3) is 11.8 Å². The highest BCUT2D eigenvalue weighted by molar-refractivity contribution is 6.53. The molecule has 3 aromatic carbocycles. The van der Waals surface area contributed by atoms with Crippen LogP contribution in [0.3, 0.4) is 0 Å². The second-order valence-corrected chi connectivity index (χ2v) is 8.87. The van der Waals surface area contributed by atoms with E-state index in [1.807, 2.05) is 26.0 Å². The molecule has 4 rings (SSSR count). The zero-order valence-corrected chi connectivity index (χ0v) is 20.3. The van der Waals surface area contributed by atoms with Gasteiger partial charge in [-0.1, -0.05) is 52.5 Å². The van der Waals surface area contributed by atoms with E-state index in [1.54, 1.807) is 30.3 Å². The molecular formula is C25H17Cl3N2O4. The van der Waals surface area contributed by atoms with Crippen LogP contribution in [0.2, 0.25) is 10.0 Å². The minimum Gasteiger partial charge on any atom is -0.423 e. The van der Waals surface area contributed by atoms with Gasteiger partial charge in [-0.15, -0.1) is 0 Å². The number of carbonyl (C=O) groups is 3. The van der Waals surface area contributed by atoms with Crippen LogP contribution in [0.4, 0.5) is 11.4 Å². The zero-order chi connectivity index (χ0) is 24.6. The Balaban J connectivity index is 1.50. The van der Waals surface area contributed by atoms with Gasteiger partial charge < -0.3 is 10.1 Å². The van der Waals surface area contributed by atoms with Gasteiger partial charge in [-0.3, -0.25) is 9.59 Å². The highest BCUT2D eigenvalue weighted by Crippen LogP contribution is 2.33. The van der Waals surface area contributed by atoms with Crippen LogP contribution < -0.4 is 15.0 Å². The third-order valence-electron chi connectivity index (χ3n) is 5.06. The number of hydrogen-bond donors (Lipinski definition) is 1. The van der Waals surface area contributed by atoms with Crippen molar-refractivity contribution in [3.63, 3.8) is 0 Å². The first-order chi connectivity index (χ1) is 16.1. The lowest BCUT2D eigenvalue weighted by molar-refractivity contribution is -0.120. The summed E-state index contributed by atoms with van der Waals surface area (Å²) in [5.41, 5.74) is 2.78. The molecule has 6 nitrogen and oxygen atoms in total. The highest BCUT2D eigenvalue weighted by Gasteiger charge is 2.39. The van der Waals surface area contributed by atoms with Crippen molar-refractivity contribution in [2.24, 2.45) is 0 Å². The van der Waals surface area contributed by atoms with Crippen molar-refractivity contribution in [2.75, 3.05) is 10.2 Å². The Morgan fingerprint density at radius 2 is 1.50 bits per heavy atom. The number of ether oxygens (including phenoxy) is 1. The van der Waals surface area contributed by atoms with Crippen molar-refractivity contribution < 1.29 is 19.1 Å². The average Bonchev–Trinajstić information content (AvgIpc) is 2.98. The van der Waals surface area contributed by atoms with Gasteiger partial charge in [0.15, 0.2) is 0 Å². The summed E-state index contributed by atoms with van der Waals surface area (Å²) in [6, 6.07) is 16.1. The van der Waals surface area contributed by atoms with Crippen LogP contribution in [0, 0.1) is 13.8 Å². The summed E-state index contributed by atoms with van der Waals surface area (Å²) < 4.78 is 5.47. The topological polar surface area (TPSA) is 75.7 Å². The van der Waals surface area contributed by atoms with Crippen LogP contribution in [0.25, 0.3) is 0 Å². The van der Waals surface area contributed by atoms with E-state index in [9.17, 15) is 14.4 Å². The van der Waals surface area contributed by atoms with Crippen LogP contribution in [-0.2, 0) is 9.59 Å². The lowest BCUT2D eigenvalue weighted by Crippen LogP contribution is -2.32. The van der Waals surface area contributed by atoms with Gasteiger partial charge in [-0.2, -0.15) is 0 Å². The second kappa shape index (κ2) is 9.50. The minimum atomic E-state index is -0.707. The Bertz CT molecular complexity index is 1350. The molecule has 0 unspecified atom stereocenters. The third kappa shape index (κ3) is 4.80. The maximum absolute atomic E-state index is 12.9. The van der Waals surface area contributed by atoms with Gasteiger partial charge >= 0.3 is 5.97 Å². The minimum absolute atomic E-state index is 0.103. The van der Waals surface area contributed by atoms with E-state index in [-0.39, 0.29) is 26.5 Å². The molecule has 0 bridgehead atoms.